The Labute approximate surface area is 146 Å². The van der Waals surface area contributed by atoms with E-state index in [2.05, 4.69) is 20.3 Å². The zero-order valence-electron chi connectivity index (χ0n) is 14.6. The molecule has 0 spiro atoms. The average molecular weight is 342 g/mol. The highest BCUT2D eigenvalue weighted by Crippen LogP contribution is 2.34. The number of carbonyl (C=O) groups excluding carboxylic acids is 2. The van der Waals surface area contributed by atoms with Gasteiger partial charge in [0.2, 0.25) is 5.91 Å². The predicted molar refractivity (Wildman–Crippen MR) is 90.5 cm³/mol. The fourth-order valence-corrected chi connectivity index (χ4v) is 3.20. The van der Waals surface area contributed by atoms with Gasteiger partial charge in [0.05, 0.1) is 17.9 Å². The highest BCUT2D eigenvalue weighted by Gasteiger charge is 2.37. The summed E-state index contributed by atoms with van der Waals surface area (Å²) in [6, 6.07) is -0.161. The molecule has 8 heteroatoms. The van der Waals surface area contributed by atoms with Crippen LogP contribution in [0.15, 0.2) is 24.8 Å². The van der Waals surface area contributed by atoms with Crippen molar-refractivity contribution in [1.29, 1.82) is 0 Å². The predicted octanol–water partition coefficient (Wildman–Crippen LogP) is 0.858. The molecule has 1 aliphatic rings. The third-order valence-electron chi connectivity index (χ3n) is 4.65. The van der Waals surface area contributed by atoms with E-state index >= 15 is 0 Å². The molecule has 0 unspecified atom stereocenters. The molecule has 1 saturated heterocycles. The topological polar surface area (TPSA) is 93.0 Å². The van der Waals surface area contributed by atoms with Crippen LogP contribution in [0.3, 0.4) is 0 Å². The second-order valence-corrected chi connectivity index (χ2v) is 6.40. The van der Waals surface area contributed by atoms with Gasteiger partial charge in [0, 0.05) is 51.6 Å². The second-order valence-electron chi connectivity index (χ2n) is 6.40. The van der Waals surface area contributed by atoms with Crippen LogP contribution in [-0.2, 0) is 11.8 Å². The highest BCUT2D eigenvalue weighted by molar-refractivity contribution is 5.91. The molecule has 2 aromatic heterocycles. The maximum Gasteiger partial charge on any atom is 0.271 e. The number of likely N-dealkylation sites (tertiary alicyclic amines) is 1. The molecule has 2 amide bonds. The van der Waals surface area contributed by atoms with E-state index in [1.165, 1.54) is 6.20 Å². The molecule has 3 rings (SSSR count). The van der Waals surface area contributed by atoms with Crippen LogP contribution in [0.4, 0.5) is 0 Å². The van der Waals surface area contributed by atoms with Crippen molar-refractivity contribution in [2.45, 2.75) is 25.8 Å². The van der Waals surface area contributed by atoms with Crippen LogP contribution in [-0.4, -0.2) is 49.8 Å². The number of imidazole rings is 1. The quantitative estimate of drug-likeness (QED) is 0.889. The molecule has 1 N–H and O–H groups in total. The first-order valence-corrected chi connectivity index (χ1v) is 8.27. The summed E-state index contributed by atoms with van der Waals surface area (Å²) in [5.74, 6) is 0.752. The van der Waals surface area contributed by atoms with Gasteiger partial charge in [-0.05, 0) is 13.3 Å². The van der Waals surface area contributed by atoms with E-state index in [9.17, 15) is 9.59 Å². The molecular formula is C17H22N6O2. The maximum absolute atomic E-state index is 12.3. The standard InChI is InChI=1S/C17H22N6O2/c1-11-8-20-13(10-19-11)17(25)21-9-12-4-5-14(24)23(3)15(12)16-18-6-7-22(16)2/h6-8,10,12,15H,4-5,9H2,1-3H3,(H,21,25)/t12-,15+/m1/s1. The number of hydrogen-bond donors (Lipinski definition) is 1. The van der Waals surface area contributed by atoms with Gasteiger partial charge in [-0.3, -0.25) is 14.6 Å². The van der Waals surface area contributed by atoms with Crippen molar-refractivity contribution in [3.63, 3.8) is 0 Å². The van der Waals surface area contributed by atoms with Crippen molar-refractivity contribution in [1.82, 2.24) is 29.7 Å². The molecule has 8 nitrogen and oxygen atoms in total. The number of aryl methyl sites for hydroxylation is 2. The number of hydrogen-bond acceptors (Lipinski definition) is 5. The van der Waals surface area contributed by atoms with Crippen LogP contribution in [0.1, 0.15) is 40.9 Å². The summed E-state index contributed by atoms with van der Waals surface area (Å²) in [5.41, 5.74) is 1.05. The molecule has 0 aliphatic carbocycles. The summed E-state index contributed by atoms with van der Waals surface area (Å²) in [6.45, 7) is 2.27. The minimum absolute atomic E-state index is 0.0890. The Morgan fingerprint density at radius 2 is 2.08 bits per heavy atom. The third-order valence-corrected chi connectivity index (χ3v) is 4.65. The largest absolute Gasteiger partial charge is 0.350 e. The SMILES string of the molecule is Cc1cnc(C(=O)NC[C@H]2CCC(=O)N(C)[C@@H]2c2nccn2C)cn1. The highest BCUT2D eigenvalue weighted by atomic mass is 16.2. The summed E-state index contributed by atoms with van der Waals surface area (Å²) in [4.78, 5) is 38.7. The Kier molecular flexibility index (Phi) is 4.78. The molecule has 0 bridgehead atoms. The van der Waals surface area contributed by atoms with Gasteiger partial charge in [-0.2, -0.15) is 0 Å². The second kappa shape index (κ2) is 7.00. The smallest absolute Gasteiger partial charge is 0.271 e. The molecule has 2 atom stereocenters. The molecule has 0 radical (unpaired) electrons. The lowest BCUT2D eigenvalue weighted by molar-refractivity contribution is -0.137. The van der Waals surface area contributed by atoms with Gasteiger partial charge in [-0.1, -0.05) is 0 Å². The fourth-order valence-electron chi connectivity index (χ4n) is 3.20. The summed E-state index contributed by atoms with van der Waals surface area (Å²) in [6.07, 6.45) is 7.80. The number of rotatable bonds is 4. The first-order chi connectivity index (χ1) is 12.0. The Bertz CT molecular complexity index is 770. The van der Waals surface area contributed by atoms with Gasteiger partial charge < -0.3 is 14.8 Å². The van der Waals surface area contributed by atoms with Crippen LogP contribution in [0.5, 0.6) is 0 Å². The molecule has 2 aromatic rings. The number of nitrogens with one attached hydrogen (secondary N) is 1. The van der Waals surface area contributed by atoms with E-state index in [4.69, 9.17) is 0 Å². The van der Waals surface area contributed by atoms with E-state index in [1.54, 1.807) is 24.3 Å². The number of carbonyl (C=O) groups is 2. The molecule has 1 fully saturated rings. The first kappa shape index (κ1) is 17.1. The van der Waals surface area contributed by atoms with E-state index in [0.717, 1.165) is 11.5 Å². The molecule has 132 valence electrons. The van der Waals surface area contributed by atoms with Crippen LogP contribution >= 0.6 is 0 Å². The Balaban J connectivity index is 1.73. The van der Waals surface area contributed by atoms with E-state index in [1.807, 2.05) is 24.7 Å². The molecular weight excluding hydrogens is 320 g/mol. The monoisotopic (exact) mass is 342 g/mol. The van der Waals surface area contributed by atoms with Crippen LogP contribution in [0.2, 0.25) is 0 Å². The van der Waals surface area contributed by atoms with Gasteiger partial charge in [0.15, 0.2) is 0 Å². The fraction of sp³-hybridized carbons (Fsp3) is 0.471. The number of nitrogens with zero attached hydrogens (tertiary/aromatic N) is 5. The summed E-state index contributed by atoms with van der Waals surface area (Å²) < 4.78 is 1.92. The Morgan fingerprint density at radius 1 is 1.28 bits per heavy atom. The molecule has 0 saturated carbocycles. The van der Waals surface area contributed by atoms with E-state index < -0.39 is 0 Å². The molecule has 0 aromatic carbocycles. The normalized spacial score (nSPS) is 20.6. The third kappa shape index (κ3) is 3.52. The van der Waals surface area contributed by atoms with Crippen molar-refractivity contribution < 1.29 is 9.59 Å². The van der Waals surface area contributed by atoms with E-state index in [-0.39, 0.29) is 23.8 Å². The average Bonchev–Trinajstić information content (AvgIpc) is 3.02. The van der Waals surface area contributed by atoms with Crippen molar-refractivity contribution >= 4 is 11.8 Å². The Hall–Kier alpha value is -2.77. The summed E-state index contributed by atoms with van der Waals surface area (Å²) >= 11 is 0. The van der Waals surface area contributed by atoms with Gasteiger partial charge in [-0.25, -0.2) is 9.97 Å². The first-order valence-electron chi connectivity index (χ1n) is 8.27. The molecule has 3 heterocycles. The number of piperidine rings is 1. The maximum atomic E-state index is 12.3. The minimum atomic E-state index is -0.259. The van der Waals surface area contributed by atoms with Gasteiger partial charge in [0.25, 0.3) is 5.91 Å². The number of aromatic nitrogens is 4. The number of amides is 2. The minimum Gasteiger partial charge on any atom is -0.350 e. The van der Waals surface area contributed by atoms with Gasteiger partial charge in [-0.15, -0.1) is 0 Å². The lowest BCUT2D eigenvalue weighted by atomic mass is 9.88. The van der Waals surface area contributed by atoms with Crippen molar-refractivity contribution in [2.24, 2.45) is 13.0 Å². The van der Waals surface area contributed by atoms with Crippen molar-refractivity contribution in [3.8, 4) is 0 Å². The molecule has 25 heavy (non-hydrogen) atoms. The summed E-state index contributed by atoms with van der Waals surface area (Å²) in [5, 5.41) is 2.92. The Morgan fingerprint density at radius 3 is 2.72 bits per heavy atom. The van der Waals surface area contributed by atoms with Crippen molar-refractivity contribution in [2.75, 3.05) is 13.6 Å². The van der Waals surface area contributed by atoms with Crippen LogP contribution in [0, 0.1) is 12.8 Å². The zero-order chi connectivity index (χ0) is 18.0. The molecule has 1 aliphatic heterocycles. The van der Waals surface area contributed by atoms with Crippen LogP contribution in [0.25, 0.3) is 0 Å². The van der Waals surface area contributed by atoms with Crippen molar-refractivity contribution in [3.05, 3.63) is 42.0 Å². The zero-order valence-corrected chi connectivity index (χ0v) is 14.6. The van der Waals surface area contributed by atoms with Crippen LogP contribution < -0.4 is 5.32 Å². The van der Waals surface area contributed by atoms with Gasteiger partial charge in [0.1, 0.15) is 11.5 Å². The van der Waals surface area contributed by atoms with E-state index in [0.29, 0.717) is 25.1 Å². The lowest BCUT2D eigenvalue weighted by Crippen LogP contribution is -2.45. The lowest BCUT2D eigenvalue weighted by Gasteiger charge is -2.38. The summed E-state index contributed by atoms with van der Waals surface area (Å²) in [7, 11) is 3.70. The van der Waals surface area contributed by atoms with Gasteiger partial charge >= 0.3 is 0 Å².